The van der Waals surface area contributed by atoms with Gasteiger partial charge in [-0.05, 0) is 37.1 Å². The zero-order chi connectivity index (χ0) is 20.5. The molecule has 0 amide bonds. The van der Waals surface area contributed by atoms with E-state index in [1.165, 1.54) is 23.5 Å². The summed E-state index contributed by atoms with van der Waals surface area (Å²) in [4.78, 5) is 5.12. The van der Waals surface area contributed by atoms with Crippen LogP contribution in [0, 0.1) is 11.6 Å². The van der Waals surface area contributed by atoms with Crippen LogP contribution < -0.4 is 19.0 Å². The molecule has 1 aliphatic carbocycles. The van der Waals surface area contributed by atoms with Gasteiger partial charge >= 0.3 is 0 Å². The van der Waals surface area contributed by atoms with E-state index in [1.807, 2.05) is 17.5 Å². The van der Waals surface area contributed by atoms with Gasteiger partial charge in [-0.3, -0.25) is 0 Å². The molecule has 8 heteroatoms. The van der Waals surface area contributed by atoms with Crippen LogP contribution in [0.3, 0.4) is 0 Å². The first-order valence-corrected chi connectivity index (χ1v) is 9.94. The van der Waals surface area contributed by atoms with Crippen LogP contribution in [0.2, 0.25) is 0 Å². The molecule has 3 aromatic rings. The Balaban J connectivity index is 1.88. The van der Waals surface area contributed by atoms with Gasteiger partial charge in [0.1, 0.15) is 11.5 Å². The maximum absolute atomic E-state index is 14.1. The van der Waals surface area contributed by atoms with Crippen molar-refractivity contribution in [2.45, 2.75) is 18.9 Å². The molecule has 0 aliphatic heterocycles. The van der Waals surface area contributed by atoms with Crippen molar-refractivity contribution in [3.05, 3.63) is 52.1 Å². The molecule has 5 nitrogen and oxygen atoms in total. The summed E-state index contributed by atoms with van der Waals surface area (Å²) in [6.45, 7) is 0. The number of aromatic nitrogens is 1. The van der Waals surface area contributed by atoms with Crippen molar-refractivity contribution in [3.63, 3.8) is 0 Å². The third kappa shape index (κ3) is 3.72. The van der Waals surface area contributed by atoms with Gasteiger partial charge in [-0.25, -0.2) is 13.8 Å². The molecule has 0 saturated heterocycles. The molecule has 1 aliphatic rings. The van der Waals surface area contributed by atoms with E-state index in [4.69, 9.17) is 14.2 Å². The number of halogens is 2. The van der Waals surface area contributed by atoms with E-state index in [9.17, 15) is 8.78 Å². The molecule has 2 aromatic carbocycles. The van der Waals surface area contributed by atoms with Crippen LogP contribution in [0.15, 0.2) is 40.7 Å². The number of nitrogens with zero attached hydrogens (tertiary/aromatic N) is 2. The van der Waals surface area contributed by atoms with E-state index < -0.39 is 11.6 Å². The fraction of sp³-hybridized carbons (Fsp3) is 0.286. The minimum absolute atomic E-state index is 0.110. The van der Waals surface area contributed by atoms with E-state index in [1.54, 1.807) is 21.3 Å². The number of methoxy groups -OCH3 is 3. The van der Waals surface area contributed by atoms with Crippen molar-refractivity contribution in [3.8, 4) is 28.5 Å². The zero-order valence-electron chi connectivity index (χ0n) is 16.2. The summed E-state index contributed by atoms with van der Waals surface area (Å²) in [5, 5.41) is 1.97. The maximum atomic E-state index is 14.1. The van der Waals surface area contributed by atoms with Crippen molar-refractivity contribution >= 4 is 17.0 Å². The monoisotopic (exact) mass is 418 g/mol. The second-order valence-corrected chi connectivity index (χ2v) is 7.46. The lowest BCUT2D eigenvalue weighted by Gasteiger charge is -2.15. The Kier molecular flexibility index (Phi) is 5.27. The Hall–Kier alpha value is -2.87. The minimum Gasteiger partial charge on any atom is -0.493 e. The van der Waals surface area contributed by atoms with Crippen molar-refractivity contribution in [1.29, 1.82) is 0 Å². The van der Waals surface area contributed by atoms with Crippen LogP contribution in [0.25, 0.3) is 11.3 Å². The average Bonchev–Trinajstić information content (AvgIpc) is 3.48. The second kappa shape index (κ2) is 7.87. The second-order valence-electron chi connectivity index (χ2n) is 6.63. The zero-order valence-corrected chi connectivity index (χ0v) is 17.1. The van der Waals surface area contributed by atoms with Crippen molar-refractivity contribution in [1.82, 2.24) is 4.57 Å². The van der Waals surface area contributed by atoms with Crippen molar-refractivity contribution < 1.29 is 23.0 Å². The van der Waals surface area contributed by atoms with E-state index in [-0.39, 0.29) is 11.7 Å². The lowest BCUT2D eigenvalue weighted by Crippen LogP contribution is -2.14. The molecule has 1 heterocycles. The topological polar surface area (TPSA) is 45.0 Å². The molecule has 0 bridgehead atoms. The Morgan fingerprint density at radius 3 is 2.24 bits per heavy atom. The van der Waals surface area contributed by atoms with Crippen LogP contribution in [-0.4, -0.2) is 25.9 Å². The first-order chi connectivity index (χ1) is 14.0. The molecule has 0 spiro atoms. The fourth-order valence-electron chi connectivity index (χ4n) is 3.20. The fourth-order valence-corrected chi connectivity index (χ4v) is 4.18. The standard InChI is InChI=1S/C21H20F2N2O3S/c1-26-18-8-12(9-19(27-2)20(18)28-3)17-11-29-21(25(17)14-5-6-14)24-16-7-4-13(22)10-15(16)23/h4,7-11,14H,5-6H2,1-3H3. The van der Waals surface area contributed by atoms with Crippen LogP contribution in [0.1, 0.15) is 18.9 Å². The number of benzene rings is 2. The van der Waals surface area contributed by atoms with Gasteiger partial charge in [0.2, 0.25) is 5.75 Å². The highest BCUT2D eigenvalue weighted by Gasteiger charge is 2.28. The normalized spacial score (nSPS) is 14.2. The summed E-state index contributed by atoms with van der Waals surface area (Å²) in [5.74, 6) is 0.318. The Morgan fingerprint density at radius 1 is 1.00 bits per heavy atom. The lowest BCUT2D eigenvalue weighted by atomic mass is 10.1. The van der Waals surface area contributed by atoms with Gasteiger partial charge in [0.05, 0.1) is 27.0 Å². The van der Waals surface area contributed by atoms with Gasteiger partial charge < -0.3 is 18.8 Å². The lowest BCUT2D eigenvalue weighted by molar-refractivity contribution is 0.324. The number of rotatable bonds is 6. The van der Waals surface area contributed by atoms with Crippen molar-refractivity contribution in [2.75, 3.05) is 21.3 Å². The van der Waals surface area contributed by atoms with Crippen molar-refractivity contribution in [2.24, 2.45) is 4.99 Å². The number of hydrogen-bond donors (Lipinski definition) is 0. The van der Waals surface area contributed by atoms with E-state index in [0.717, 1.165) is 30.2 Å². The third-order valence-electron chi connectivity index (χ3n) is 4.74. The molecule has 1 saturated carbocycles. The molecule has 0 radical (unpaired) electrons. The quantitative estimate of drug-likeness (QED) is 0.560. The minimum atomic E-state index is -0.685. The van der Waals surface area contributed by atoms with Crippen LogP contribution in [0.5, 0.6) is 17.2 Å². The first-order valence-electron chi connectivity index (χ1n) is 9.06. The smallest absolute Gasteiger partial charge is 0.203 e. The van der Waals surface area contributed by atoms with E-state index in [2.05, 4.69) is 9.56 Å². The van der Waals surface area contributed by atoms with Gasteiger partial charge in [0.25, 0.3) is 0 Å². The summed E-state index contributed by atoms with van der Waals surface area (Å²) >= 11 is 1.41. The average molecular weight is 418 g/mol. The van der Waals surface area contributed by atoms with Crippen LogP contribution in [0.4, 0.5) is 14.5 Å². The van der Waals surface area contributed by atoms with Gasteiger partial charge in [-0.2, -0.15) is 0 Å². The van der Waals surface area contributed by atoms with E-state index >= 15 is 0 Å². The van der Waals surface area contributed by atoms with Gasteiger partial charge in [-0.15, -0.1) is 11.3 Å². The summed E-state index contributed by atoms with van der Waals surface area (Å²) in [6.07, 6.45) is 2.04. The number of hydrogen-bond acceptors (Lipinski definition) is 5. The van der Waals surface area contributed by atoms with Crippen LogP contribution >= 0.6 is 11.3 Å². The predicted octanol–water partition coefficient (Wildman–Crippen LogP) is 5.09. The molecule has 0 atom stereocenters. The SMILES string of the molecule is COc1cc(-c2csc(=Nc3ccc(F)cc3F)n2C2CC2)cc(OC)c1OC. The Bertz CT molecular complexity index is 1090. The molecule has 152 valence electrons. The summed E-state index contributed by atoms with van der Waals surface area (Å²) in [5.41, 5.74) is 1.92. The largest absolute Gasteiger partial charge is 0.493 e. The molecule has 4 rings (SSSR count). The maximum Gasteiger partial charge on any atom is 0.203 e. The first kappa shape index (κ1) is 19.4. The van der Waals surface area contributed by atoms with Gasteiger partial charge in [-0.1, -0.05) is 0 Å². The van der Waals surface area contributed by atoms with E-state index in [0.29, 0.717) is 22.0 Å². The molecular weight excluding hydrogens is 398 g/mol. The van der Waals surface area contributed by atoms with Crippen LogP contribution in [-0.2, 0) is 0 Å². The summed E-state index contributed by atoms with van der Waals surface area (Å²) in [7, 11) is 4.70. The van der Waals surface area contributed by atoms with Gasteiger partial charge in [0.15, 0.2) is 22.1 Å². The Labute approximate surface area is 170 Å². The highest BCUT2D eigenvalue weighted by atomic mass is 32.1. The molecular formula is C21H20F2N2O3S. The molecule has 0 N–H and O–H groups in total. The highest BCUT2D eigenvalue weighted by molar-refractivity contribution is 7.07. The molecule has 1 aromatic heterocycles. The number of thiazole rings is 1. The Morgan fingerprint density at radius 2 is 1.69 bits per heavy atom. The number of ether oxygens (including phenoxy) is 3. The molecule has 29 heavy (non-hydrogen) atoms. The highest BCUT2D eigenvalue weighted by Crippen LogP contribution is 2.43. The predicted molar refractivity (Wildman–Crippen MR) is 107 cm³/mol. The summed E-state index contributed by atoms with van der Waals surface area (Å²) < 4.78 is 45.8. The summed E-state index contributed by atoms with van der Waals surface area (Å²) in [6, 6.07) is 7.44. The third-order valence-corrected chi connectivity index (χ3v) is 5.58. The molecule has 0 unspecified atom stereocenters. The van der Waals surface area contributed by atoms with Gasteiger partial charge in [0, 0.05) is 23.1 Å². The molecule has 1 fully saturated rings.